The predicted molar refractivity (Wildman–Crippen MR) is 66.5 cm³/mol. The van der Waals surface area contributed by atoms with Gasteiger partial charge in [-0.05, 0) is 27.2 Å². The lowest BCUT2D eigenvalue weighted by Crippen LogP contribution is -2.28. The summed E-state index contributed by atoms with van der Waals surface area (Å²) in [4.78, 5) is 0. The molecule has 0 saturated carbocycles. The van der Waals surface area contributed by atoms with Gasteiger partial charge in [0.25, 0.3) is 0 Å². The van der Waals surface area contributed by atoms with E-state index >= 15 is 0 Å². The van der Waals surface area contributed by atoms with Crippen LogP contribution in [0.15, 0.2) is 24.3 Å². The Morgan fingerprint density at radius 3 is 2.25 bits per heavy atom. The van der Waals surface area contributed by atoms with Crippen molar-refractivity contribution in [3.8, 4) is 0 Å². The first-order chi connectivity index (χ1) is 7.43. The van der Waals surface area contributed by atoms with Crippen LogP contribution in [0.1, 0.15) is 27.2 Å². The lowest BCUT2D eigenvalue weighted by atomic mass is 10.1. The number of aliphatic hydroxyl groups is 1. The van der Waals surface area contributed by atoms with Crippen LogP contribution in [-0.4, -0.2) is 37.1 Å². The molecule has 0 aliphatic carbocycles. The fourth-order valence-electron chi connectivity index (χ4n) is 1.07. The van der Waals surface area contributed by atoms with E-state index in [0.717, 1.165) is 11.1 Å². The number of aliphatic hydroxyl groups excluding tert-OH is 1. The van der Waals surface area contributed by atoms with Crippen LogP contribution in [0, 0.1) is 0 Å². The third kappa shape index (κ3) is 8.65. The molecule has 0 saturated heterocycles. The minimum atomic E-state index is -0.496. The van der Waals surface area contributed by atoms with E-state index in [-0.39, 0.29) is 6.10 Å². The zero-order valence-electron chi connectivity index (χ0n) is 10.7. The van der Waals surface area contributed by atoms with Gasteiger partial charge in [-0.1, -0.05) is 24.3 Å². The van der Waals surface area contributed by atoms with Crippen LogP contribution < -0.4 is 0 Å². The highest BCUT2D eigenvalue weighted by Gasteiger charge is 2.14. The van der Waals surface area contributed by atoms with Gasteiger partial charge in [0.2, 0.25) is 0 Å². The van der Waals surface area contributed by atoms with Crippen molar-refractivity contribution in [1.82, 2.24) is 0 Å². The van der Waals surface area contributed by atoms with Crippen LogP contribution >= 0.6 is 0 Å². The Bertz CT molecular complexity index is 223. The first-order valence-corrected chi connectivity index (χ1v) is 5.59. The fraction of sp³-hybridized carbons (Fsp3) is 0.692. The maximum Gasteiger partial charge on any atom is 0.0821 e. The zero-order chi connectivity index (χ0) is 12.6. The molecule has 3 nitrogen and oxygen atoms in total. The summed E-state index contributed by atoms with van der Waals surface area (Å²) in [6.45, 7) is 14.7. The van der Waals surface area contributed by atoms with E-state index in [2.05, 4.69) is 13.2 Å². The van der Waals surface area contributed by atoms with Crippen LogP contribution in [0.2, 0.25) is 0 Å². The summed E-state index contributed by atoms with van der Waals surface area (Å²) in [6.07, 6.45) is -0.112. The molecule has 0 aliphatic heterocycles. The van der Waals surface area contributed by atoms with Gasteiger partial charge >= 0.3 is 0 Å². The van der Waals surface area contributed by atoms with Crippen LogP contribution in [0.5, 0.6) is 0 Å². The Morgan fingerprint density at radius 1 is 1.19 bits per heavy atom. The SMILES string of the molecule is C=C(C)COCCC(O)C(C)OCC(=C)C. The first kappa shape index (κ1) is 15.4. The topological polar surface area (TPSA) is 38.7 Å². The number of hydrogen-bond donors (Lipinski definition) is 1. The molecule has 2 unspecified atom stereocenters. The van der Waals surface area contributed by atoms with Crippen molar-refractivity contribution in [2.75, 3.05) is 19.8 Å². The van der Waals surface area contributed by atoms with E-state index < -0.39 is 6.10 Å². The van der Waals surface area contributed by atoms with Gasteiger partial charge in [-0.15, -0.1) is 0 Å². The van der Waals surface area contributed by atoms with Gasteiger partial charge < -0.3 is 14.6 Å². The Balaban J connectivity index is 3.58. The van der Waals surface area contributed by atoms with Crippen LogP contribution in [0.3, 0.4) is 0 Å². The van der Waals surface area contributed by atoms with Gasteiger partial charge in [0.15, 0.2) is 0 Å². The van der Waals surface area contributed by atoms with Gasteiger partial charge in [-0.2, -0.15) is 0 Å². The molecule has 94 valence electrons. The summed E-state index contributed by atoms with van der Waals surface area (Å²) in [6, 6.07) is 0. The highest BCUT2D eigenvalue weighted by molar-refractivity contribution is 4.88. The molecule has 0 fully saturated rings. The highest BCUT2D eigenvalue weighted by Crippen LogP contribution is 2.05. The van der Waals surface area contributed by atoms with Crippen molar-refractivity contribution in [3.05, 3.63) is 24.3 Å². The predicted octanol–water partition coefficient (Wildman–Crippen LogP) is 2.31. The maximum atomic E-state index is 9.74. The van der Waals surface area contributed by atoms with Crippen LogP contribution in [-0.2, 0) is 9.47 Å². The average molecular weight is 228 g/mol. The Labute approximate surface area is 98.8 Å². The minimum Gasteiger partial charge on any atom is -0.390 e. The van der Waals surface area contributed by atoms with Crippen LogP contribution in [0.4, 0.5) is 0 Å². The molecular weight excluding hydrogens is 204 g/mol. The van der Waals surface area contributed by atoms with E-state index in [9.17, 15) is 5.11 Å². The van der Waals surface area contributed by atoms with Crippen molar-refractivity contribution in [2.24, 2.45) is 0 Å². The second-order valence-corrected chi connectivity index (χ2v) is 4.34. The third-order valence-corrected chi connectivity index (χ3v) is 2.04. The zero-order valence-corrected chi connectivity index (χ0v) is 10.7. The Kier molecular flexibility index (Phi) is 8.16. The summed E-state index contributed by atoms with van der Waals surface area (Å²) in [5.74, 6) is 0. The van der Waals surface area contributed by atoms with E-state index in [4.69, 9.17) is 9.47 Å². The van der Waals surface area contributed by atoms with E-state index in [1.165, 1.54) is 0 Å². The third-order valence-electron chi connectivity index (χ3n) is 2.04. The summed E-state index contributed by atoms with van der Waals surface area (Å²) in [5, 5.41) is 9.74. The van der Waals surface area contributed by atoms with Crippen molar-refractivity contribution < 1.29 is 14.6 Å². The quantitative estimate of drug-likeness (QED) is 0.486. The van der Waals surface area contributed by atoms with Crippen molar-refractivity contribution in [1.29, 1.82) is 0 Å². The van der Waals surface area contributed by atoms with Crippen molar-refractivity contribution in [3.63, 3.8) is 0 Å². The molecule has 0 rings (SSSR count). The Hall–Kier alpha value is -0.640. The molecule has 0 bridgehead atoms. The standard InChI is InChI=1S/C13H24O3/c1-10(2)8-15-7-6-13(14)12(5)16-9-11(3)4/h12-14H,1,3,6-9H2,2,4-5H3. The van der Waals surface area contributed by atoms with E-state index in [1.54, 1.807) is 0 Å². The second kappa shape index (κ2) is 8.50. The average Bonchev–Trinajstić information content (AvgIpc) is 2.20. The van der Waals surface area contributed by atoms with Crippen molar-refractivity contribution in [2.45, 2.75) is 39.4 Å². The molecule has 0 aromatic carbocycles. The van der Waals surface area contributed by atoms with Gasteiger partial charge in [0.1, 0.15) is 0 Å². The molecule has 0 heterocycles. The maximum absolute atomic E-state index is 9.74. The molecule has 3 heteroatoms. The van der Waals surface area contributed by atoms with Gasteiger partial charge in [0, 0.05) is 6.61 Å². The highest BCUT2D eigenvalue weighted by atomic mass is 16.5. The molecule has 0 radical (unpaired) electrons. The summed E-state index contributed by atoms with van der Waals surface area (Å²) in [5.41, 5.74) is 1.94. The summed E-state index contributed by atoms with van der Waals surface area (Å²) in [7, 11) is 0. The van der Waals surface area contributed by atoms with Gasteiger partial charge in [-0.25, -0.2) is 0 Å². The summed E-state index contributed by atoms with van der Waals surface area (Å²) < 4.78 is 10.7. The molecule has 0 amide bonds. The minimum absolute atomic E-state index is 0.190. The molecule has 16 heavy (non-hydrogen) atoms. The summed E-state index contributed by atoms with van der Waals surface area (Å²) >= 11 is 0. The lowest BCUT2D eigenvalue weighted by Gasteiger charge is -2.19. The molecule has 2 atom stereocenters. The normalized spacial score (nSPS) is 14.5. The smallest absolute Gasteiger partial charge is 0.0821 e. The molecule has 1 N–H and O–H groups in total. The molecule has 0 aromatic rings. The number of hydrogen-bond acceptors (Lipinski definition) is 3. The lowest BCUT2D eigenvalue weighted by molar-refractivity contribution is -0.0314. The fourth-order valence-corrected chi connectivity index (χ4v) is 1.07. The monoisotopic (exact) mass is 228 g/mol. The van der Waals surface area contributed by atoms with E-state index in [1.807, 2.05) is 20.8 Å². The molecule has 0 aliphatic rings. The van der Waals surface area contributed by atoms with Crippen LogP contribution in [0.25, 0.3) is 0 Å². The number of rotatable bonds is 9. The second-order valence-electron chi connectivity index (χ2n) is 4.34. The largest absolute Gasteiger partial charge is 0.390 e. The number of ether oxygens (including phenoxy) is 2. The molecular formula is C13H24O3. The molecule has 0 aromatic heterocycles. The van der Waals surface area contributed by atoms with E-state index in [0.29, 0.717) is 26.2 Å². The Morgan fingerprint density at radius 2 is 1.75 bits per heavy atom. The van der Waals surface area contributed by atoms with Gasteiger partial charge in [-0.3, -0.25) is 0 Å². The molecule has 0 spiro atoms. The van der Waals surface area contributed by atoms with Gasteiger partial charge in [0.05, 0.1) is 25.4 Å². The van der Waals surface area contributed by atoms with Crippen molar-refractivity contribution >= 4 is 0 Å². The first-order valence-electron chi connectivity index (χ1n) is 5.59.